The molecule has 7 nitrogen and oxygen atoms in total. The number of urea groups is 1. The molecule has 2 aromatic carbocycles. The first-order valence-electron chi connectivity index (χ1n) is 8.07. The van der Waals surface area contributed by atoms with E-state index in [0.717, 1.165) is 4.47 Å². The molecule has 0 radical (unpaired) electrons. The van der Waals surface area contributed by atoms with Crippen LogP contribution in [0.1, 0.15) is 0 Å². The third-order valence-electron chi connectivity index (χ3n) is 3.88. The van der Waals surface area contributed by atoms with E-state index in [2.05, 4.69) is 26.6 Å². The second-order valence-electron chi connectivity index (χ2n) is 5.75. The monoisotopic (exact) mass is 473 g/mol. The van der Waals surface area contributed by atoms with Crippen molar-refractivity contribution in [3.05, 3.63) is 52.0 Å². The Kier molecular flexibility index (Phi) is 6.38. The Morgan fingerprint density at radius 3 is 2.56 bits per heavy atom. The van der Waals surface area contributed by atoms with Crippen LogP contribution in [0.3, 0.4) is 0 Å². The van der Waals surface area contributed by atoms with Crippen molar-refractivity contribution in [2.24, 2.45) is 0 Å². The van der Waals surface area contributed by atoms with E-state index in [-0.39, 0.29) is 28.7 Å². The molecule has 2 amide bonds. The molecular weight excluding hydrogens is 458 g/mol. The highest BCUT2D eigenvalue weighted by atomic mass is 79.9. The molecule has 144 valence electrons. The molecular formula is C17H17BrClN3O4S. The van der Waals surface area contributed by atoms with Gasteiger partial charge in [0.2, 0.25) is 10.0 Å². The van der Waals surface area contributed by atoms with Crippen molar-refractivity contribution in [3.63, 3.8) is 0 Å². The average Bonchev–Trinajstić information content (AvgIpc) is 2.64. The molecule has 1 heterocycles. The van der Waals surface area contributed by atoms with Crippen molar-refractivity contribution in [3.8, 4) is 0 Å². The lowest BCUT2D eigenvalue weighted by atomic mass is 10.3. The van der Waals surface area contributed by atoms with Crippen LogP contribution in [0.15, 0.2) is 51.8 Å². The predicted molar refractivity (Wildman–Crippen MR) is 108 cm³/mol. The number of carbonyl (C=O) groups is 1. The number of carbonyl (C=O) groups excluding carboxylic acids is 1. The van der Waals surface area contributed by atoms with Crippen molar-refractivity contribution < 1.29 is 17.9 Å². The van der Waals surface area contributed by atoms with Crippen LogP contribution < -0.4 is 10.6 Å². The molecule has 0 atom stereocenters. The van der Waals surface area contributed by atoms with Gasteiger partial charge in [0.25, 0.3) is 0 Å². The van der Waals surface area contributed by atoms with Gasteiger partial charge in [0.1, 0.15) is 0 Å². The second kappa shape index (κ2) is 8.57. The lowest BCUT2D eigenvalue weighted by Crippen LogP contribution is -2.40. The maximum absolute atomic E-state index is 12.8. The van der Waals surface area contributed by atoms with Crippen LogP contribution >= 0.6 is 27.5 Å². The van der Waals surface area contributed by atoms with Crippen molar-refractivity contribution >= 4 is 55.0 Å². The normalized spacial score (nSPS) is 15.3. The molecule has 0 aromatic heterocycles. The van der Waals surface area contributed by atoms with Gasteiger partial charge in [0, 0.05) is 23.2 Å². The van der Waals surface area contributed by atoms with Crippen molar-refractivity contribution in [1.29, 1.82) is 0 Å². The van der Waals surface area contributed by atoms with Gasteiger partial charge in [-0.05, 0) is 36.4 Å². The highest BCUT2D eigenvalue weighted by Gasteiger charge is 2.27. The number of nitrogens with one attached hydrogen (secondary N) is 2. The fraction of sp³-hybridized carbons (Fsp3) is 0.235. The van der Waals surface area contributed by atoms with E-state index in [4.69, 9.17) is 16.3 Å². The Balaban J connectivity index is 1.78. The van der Waals surface area contributed by atoms with E-state index in [0.29, 0.717) is 18.9 Å². The van der Waals surface area contributed by atoms with E-state index >= 15 is 0 Å². The fourth-order valence-corrected chi connectivity index (χ4v) is 4.55. The van der Waals surface area contributed by atoms with Gasteiger partial charge < -0.3 is 15.4 Å². The summed E-state index contributed by atoms with van der Waals surface area (Å²) in [6.45, 7) is 1.29. The number of rotatable bonds is 4. The Morgan fingerprint density at radius 1 is 1.11 bits per heavy atom. The minimum absolute atomic E-state index is 0.0616. The summed E-state index contributed by atoms with van der Waals surface area (Å²) >= 11 is 9.45. The molecule has 3 rings (SSSR count). The summed E-state index contributed by atoms with van der Waals surface area (Å²) in [6.07, 6.45) is 0. The number of sulfonamides is 1. The van der Waals surface area contributed by atoms with E-state index in [1.807, 2.05) is 6.07 Å². The summed E-state index contributed by atoms with van der Waals surface area (Å²) in [5.74, 6) is 0. The van der Waals surface area contributed by atoms with Crippen LogP contribution in [0.2, 0.25) is 5.02 Å². The molecule has 0 aliphatic carbocycles. The molecule has 2 aromatic rings. The van der Waals surface area contributed by atoms with Crippen molar-refractivity contribution in [2.75, 3.05) is 36.9 Å². The van der Waals surface area contributed by atoms with Gasteiger partial charge in [-0.1, -0.05) is 33.6 Å². The molecule has 0 saturated carbocycles. The van der Waals surface area contributed by atoms with Crippen molar-refractivity contribution in [1.82, 2.24) is 4.31 Å². The average molecular weight is 475 g/mol. The van der Waals surface area contributed by atoms with Crippen LogP contribution in [0.5, 0.6) is 0 Å². The summed E-state index contributed by atoms with van der Waals surface area (Å²) in [4.78, 5) is 12.3. The van der Waals surface area contributed by atoms with E-state index < -0.39 is 16.1 Å². The van der Waals surface area contributed by atoms with E-state index in [1.165, 1.54) is 22.5 Å². The Labute approximate surface area is 170 Å². The number of anilines is 2. The second-order valence-corrected chi connectivity index (χ2v) is 9.01. The zero-order valence-corrected chi connectivity index (χ0v) is 17.3. The SMILES string of the molecule is O=C(Nc1cccc(Br)c1)Nc1cc(S(=O)(=O)N2CCOCC2)ccc1Cl. The number of nitrogens with zero attached hydrogens (tertiary/aromatic N) is 1. The number of benzene rings is 2. The first-order valence-corrected chi connectivity index (χ1v) is 10.7. The summed E-state index contributed by atoms with van der Waals surface area (Å²) in [5.41, 5.74) is 0.786. The number of morpholine rings is 1. The van der Waals surface area contributed by atoms with Gasteiger partial charge in [0.15, 0.2) is 0 Å². The quantitative estimate of drug-likeness (QED) is 0.706. The Hall–Kier alpha value is -1.65. The van der Waals surface area contributed by atoms with Crippen molar-refractivity contribution in [2.45, 2.75) is 4.90 Å². The standard InChI is InChI=1S/C17H17BrClN3O4S/c18-12-2-1-3-13(10-12)20-17(23)21-16-11-14(4-5-15(16)19)27(24,25)22-6-8-26-9-7-22/h1-5,10-11H,6-9H2,(H2,20,21,23). The summed E-state index contributed by atoms with van der Waals surface area (Å²) < 4.78 is 32.9. The zero-order chi connectivity index (χ0) is 19.4. The van der Waals surface area contributed by atoms with Gasteiger partial charge in [-0.2, -0.15) is 4.31 Å². The number of hydrogen-bond acceptors (Lipinski definition) is 4. The molecule has 1 saturated heterocycles. The van der Waals surface area contributed by atoms with E-state index in [1.54, 1.807) is 18.2 Å². The topological polar surface area (TPSA) is 87.7 Å². The van der Waals surface area contributed by atoms with Crippen LogP contribution in [0, 0.1) is 0 Å². The molecule has 0 unspecified atom stereocenters. The van der Waals surface area contributed by atoms with Crippen LogP contribution in [-0.2, 0) is 14.8 Å². The highest BCUT2D eigenvalue weighted by molar-refractivity contribution is 9.10. The third-order valence-corrected chi connectivity index (χ3v) is 6.59. The van der Waals surface area contributed by atoms with E-state index in [9.17, 15) is 13.2 Å². The van der Waals surface area contributed by atoms with Gasteiger partial charge in [-0.25, -0.2) is 13.2 Å². The lowest BCUT2D eigenvalue weighted by Gasteiger charge is -2.26. The first kappa shape index (κ1) is 20.1. The van der Waals surface area contributed by atoms with Crippen LogP contribution in [-0.4, -0.2) is 45.1 Å². The number of ether oxygens (including phenoxy) is 1. The lowest BCUT2D eigenvalue weighted by molar-refractivity contribution is 0.0730. The smallest absolute Gasteiger partial charge is 0.323 e. The van der Waals surface area contributed by atoms with Gasteiger partial charge in [-0.15, -0.1) is 0 Å². The minimum atomic E-state index is -3.68. The zero-order valence-electron chi connectivity index (χ0n) is 14.1. The first-order chi connectivity index (χ1) is 12.9. The third kappa shape index (κ3) is 4.99. The summed E-state index contributed by atoms with van der Waals surface area (Å²) in [5, 5.41) is 5.49. The highest BCUT2D eigenvalue weighted by Crippen LogP contribution is 2.27. The Morgan fingerprint density at radius 2 is 1.85 bits per heavy atom. The molecule has 0 bridgehead atoms. The maximum Gasteiger partial charge on any atom is 0.323 e. The van der Waals surface area contributed by atoms with Gasteiger partial charge in [0.05, 0.1) is 28.8 Å². The maximum atomic E-state index is 12.8. The molecule has 10 heteroatoms. The Bertz CT molecular complexity index is 949. The molecule has 27 heavy (non-hydrogen) atoms. The number of halogens is 2. The number of hydrogen-bond donors (Lipinski definition) is 2. The van der Waals surface area contributed by atoms with Gasteiger partial charge >= 0.3 is 6.03 Å². The summed E-state index contributed by atoms with van der Waals surface area (Å²) in [7, 11) is -3.68. The molecule has 1 aliphatic rings. The van der Waals surface area contributed by atoms with Crippen LogP contribution in [0.25, 0.3) is 0 Å². The number of amides is 2. The predicted octanol–water partition coefficient (Wildman–Crippen LogP) is 3.77. The molecule has 1 fully saturated rings. The van der Waals surface area contributed by atoms with Gasteiger partial charge in [-0.3, -0.25) is 0 Å². The minimum Gasteiger partial charge on any atom is -0.379 e. The molecule has 0 spiro atoms. The fourth-order valence-electron chi connectivity index (χ4n) is 2.55. The summed E-state index contributed by atoms with van der Waals surface area (Å²) in [6, 6.07) is 10.8. The largest absolute Gasteiger partial charge is 0.379 e. The van der Waals surface area contributed by atoms with Crippen LogP contribution in [0.4, 0.5) is 16.2 Å². The molecule has 2 N–H and O–H groups in total. The molecule has 1 aliphatic heterocycles.